The Morgan fingerprint density at radius 2 is 1.41 bits per heavy atom. The third-order valence-electron chi connectivity index (χ3n) is 8.52. The minimum absolute atomic E-state index is 0.00204. The fourth-order valence-corrected chi connectivity index (χ4v) is 6.35. The van der Waals surface area contributed by atoms with Crippen LogP contribution in [0.15, 0.2) is 5.38 Å². The monoisotopic (exact) mass is 792 g/mol. The van der Waals surface area contributed by atoms with E-state index < -0.39 is 100 Å². The zero-order chi connectivity index (χ0) is 41.6. The highest BCUT2D eigenvalue weighted by atomic mass is 32.1. The van der Waals surface area contributed by atoms with Crippen molar-refractivity contribution in [2.75, 3.05) is 14.1 Å². The summed E-state index contributed by atoms with van der Waals surface area (Å²) in [5.74, 6) is -18.0. The normalized spacial score (nSPS) is 14.5. The zero-order valence-corrected chi connectivity index (χ0v) is 33.3. The Hall–Kier alpha value is -4.35. The van der Waals surface area contributed by atoms with E-state index >= 15 is 0 Å². The Bertz CT molecular complexity index is 1670. The summed E-state index contributed by atoms with van der Waals surface area (Å²) in [6, 6.07) is -2.71. The van der Waals surface area contributed by atoms with Crippen molar-refractivity contribution in [3.63, 3.8) is 0 Å². The smallest absolute Gasteiger partial charge is 0.410 e. The zero-order valence-electron chi connectivity index (χ0n) is 32.4. The van der Waals surface area contributed by atoms with Crippen LogP contribution in [-0.2, 0) is 23.9 Å². The average Bonchev–Trinajstić information content (AvgIpc) is 3.57. The number of hydrogen-bond donors (Lipinski definition) is 1. The van der Waals surface area contributed by atoms with Gasteiger partial charge in [0.05, 0.1) is 0 Å². The molecule has 1 aromatic carbocycles. The Kier molecular flexibility index (Phi) is 15.9. The summed E-state index contributed by atoms with van der Waals surface area (Å²) in [5, 5.41) is 3.92. The van der Waals surface area contributed by atoms with Gasteiger partial charge in [0.25, 0.3) is 0 Å². The number of rotatable bonds is 15. The van der Waals surface area contributed by atoms with Gasteiger partial charge in [-0.3, -0.25) is 19.3 Å². The fraction of sp³-hybridized carbons (Fsp3) is 0.611. The molecule has 5 atom stereocenters. The summed E-state index contributed by atoms with van der Waals surface area (Å²) in [6.07, 6.45) is -1.48. The number of amides is 3. The molecule has 54 heavy (non-hydrogen) atoms. The van der Waals surface area contributed by atoms with E-state index in [-0.39, 0.29) is 29.2 Å². The van der Waals surface area contributed by atoms with Crippen LogP contribution in [0, 0.1) is 46.8 Å². The van der Waals surface area contributed by atoms with Crippen LogP contribution < -0.4 is 10.1 Å². The quantitative estimate of drug-likeness (QED) is 0.0666. The van der Waals surface area contributed by atoms with Crippen molar-refractivity contribution in [1.29, 1.82) is 0 Å². The number of benzene rings is 1. The second-order valence-corrected chi connectivity index (χ2v) is 15.5. The summed E-state index contributed by atoms with van der Waals surface area (Å²) in [7, 11) is 2.96. The van der Waals surface area contributed by atoms with E-state index in [9.17, 15) is 45.9 Å². The van der Waals surface area contributed by atoms with E-state index in [4.69, 9.17) is 9.47 Å². The molecule has 0 radical (unpaired) electrons. The minimum atomic E-state index is -2.43. The lowest BCUT2D eigenvalue weighted by molar-refractivity contribution is -0.149. The molecule has 0 unspecified atom stereocenters. The second kappa shape index (κ2) is 18.8. The first-order valence-corrected chi connectivity index (χ1v) is 18.1. The van der Waals surface area contributed by atoms with Gasteiger partial charge in [0.15, 0.2) is 11.8 Å². The average molecular weight is 793 g/mol. The third kappa shape index (κ3) is 11.3. The van der Waals surface area contributed by atoms with Gasteiger partial charge < -0.3 is 24.4 Å². The first-order chi connectivity index (χ1) is 24.8. The van der Waals surface area contributed by atoms with Gasteiger partial charge in [0.1, 0.15) is 22.7 Å². The number of ether oxygens (including phenoxy) is 3. The minimum Gasteiger partial charge on any atom is -0.455 e. The summed E-state index contributed by atoms with van der Waals surface area (Å²) in [6.45, 7) is 16.9. The summed E-state index contributed by atoms with van der Waals surface area (Å²) >= 11 is 0.779. The van der Waals surface area contributed by atoms with Gasteiger partial charge in [-0.05, 0) is 38.5 Å². The number of likely N-dealkylation sites (N-methyl/N-ethyl adjacent to an activating group) is 2. The lowest BCUT2D eigenvalue weighted by Crippen LogP contribution is -2.59. The van der Waals surface area contributed by atoms with Gasteiger partial charge in [-0.25, -0.2) is 27.7 Å². The molecule has 2 aromatic rings. The van der Waals surface area contributed by atoms with Crippen LogP contribution in [0.5, 0.6) is 5.75 Å². The number of aromatic nitrogens is 1. The van der Waals surface area contributed by atoms with E-state index in [1.165, 1.54) is 23.9 Å². The van der Waals surface area contributed by atoms with Crippen LogP contribution >= 0.6 is 11.3 Å². The topological polar surface area (TPSA) is 144 Å². The number of esters is 2. The van der Waals surface area contributed by atoms with Gasteiger partial charge in [-0.15, -0.1) is 11.3 Å². The molecular weight excluding hydrogens is 743 g/mol. The number of nitrogens with one attached hydrogen (secondary N) is 1. The number of halogens is 5. The maximum atomic E-state index is 14.2. The highest BCUT2D eigenvalue weighted by Crippen LogP contribution is 2.33. The van der Waals surface area contributed by atoms with E-state index in [1.807, 2.05) is 6.92 Å². The molecule has 0 spiro atoms. The number of nitrogens with zero attached hydrogens (tertiary/aromatic N) is 3. The molecule has 302 valence electrons. The maximum absolute atomic E-state index is 14.2. The highest BCUT2D eigenvalue weighted by Gasteiger charge is 2.39. The molecule has 0 aliphatic heterocycles. The molecule has 12 nitrogen and oxygen atoms in total. The van der Waals surface area contributed by atoms with Crippen LogP contribution in [0.2, 0.25) is 0 Å². The van der Waals surface area contributed by atoms with Gasteiger partial charge in [0, 0.05) is 38.9 Å². The Balaban J connectivity index is 2.41. The summed E-state index contributed by atoms with van der Waals surface area (Å²) in [5.41, 5.74) is -1.40. The number of carbonyl (C=O) groups excluding carboxylic acids is 5. The Labute approximate surface area is 315 Å². The van der Waals surface area contributed by atoms with Crippen LogP contribution in [0.4, 0.5) is 26.7 Å². The lowest BCUT2D eigenvalue weighted by Gasteiger charge is -2.38. The number of hydrogen-bond acceptors (Lipinski definition) is 10. The molecule has 1 aromatic heterocycles. The first-order valence-electron chi connectivity index (χ1n) is 17.2. The molecule has 0 saturated carbocycles. The lowest BCUT2D eigenvalue weighted by atomic mass is 9.92. The SMILES string of the molecule is CC[C@H](C)[C@H](NC(=O)[C@@H](C(C)C)N(C)C(=O)OC(C)(C)C)C(=O)N(C)[C@H](C[C@@H](OC(C)=O)c1nc(C(=O)Oc2c(F)c(F)c(F)c(F)c2F)cs1)C(C)C. The predicted molar refractivity (Wildman–Crippen MR) is 188 cm³/mol. The third-order valence-corrected chi connectivity index (χ3v) is 9.46. The van der Waals surface area contributed by atoms with Crippen molar-refractivity contribution in [3.05, 3.63) is 45.2 Å². The molecule has 0 bridgehead atoms. The predicted octanol–water partition coefficient (Wildman–Crippen LogP) is 6.96. The van der Waals surface area contributed by atoms with Gasteiger partial charge >= 0.3 is 18.0 Å². The molecule has 2 rings (SSSR count). The molecule has 3 amide bonds. The molecular formula is C36H49F5N4O8S. The van der Waals surface area contributed by atoms with E-state index in [2.05, 4.69) is 15.0 Å². The van der Waals surface area contributed by atoms with Crippen molar-refractivity contribution in [2.45, 2.75) is 112 Å². The van der Waals surface area contributed by atoms with Crippen LogP contribution in [0.25, 0.3) is 0 Å². The van der Waals surface area contributed by atoms with Crippen molar-refractivity contribution in [3.8, 4) is 5.75 Å². The largest absolute Gasteiger partial charge is 0.455 e. The summed E-state index contributed by atoms with van der Waals surface area (Å²) < 4.78 is 84.6. The van der Waals surface area contributed by atoms with Crippen molar-refractivity contribution >= 4 is 41.2 Å². The highest BCUT2D eigenvalue weighted by molar-refractivity contribution is 7.09. The van der Waals surface area contributed by atoms with Gasteiger partial charge in [-0.2, -0.15) is 8.78 Å². The molecule has 18 heteroatoms. The molecule has 1 N–H and O–H groups in total. The second-order valence-electron chi connectivity index (χ2n) is 14.6. The molecule has 0 saturated heterocycles. The standard InChI is InChI=1S/C36H49F5N4O8S/c1-13-18(6)28(43-31(47)29(17(4)5)45(12)35(50)53-36(8,9)10)33(48)44(11)21(16(2)3)14-22(51-19(7)46)32-42-20(15-54-32)34(49)52-30-26(40)24(38)23(37)25(39)27(30)41/h15-18,21-22,28-29H,13-14H2,1-12H3,(H,43,47)/t18-,21+,22+,28-,29+/m0/s1. The van der Waals surface area contributed by atoms with Crippen molar-refractivity contribution in [1.82, 2.24) is 20.1 Å². The van der Waals surface area contributed by atoms with Crippen LogP contribution in [0.1, 0.15) is 104 Å². The van der Waals surface area contributed by atoms with E-state index in [1.54, 1.807) is 55.4 Å². The molecule has 0 aliphatic carbocycles. The van der Waals surface area contributed by atoms with Crippen LogP contribution in [0.3, 0.4) is 0 Å². The van der Waals surface area contributed by atoms with Crippen molar-refractivity contribution in [2.24, 2.45) is 17.8 Å². The number of thiazole rings is 1. The van der Waals surface area contributed by atoms with E-state index in [0.717, 1.165) is 23.6 Å². The molecule has 0 fully saturated rings. The molecule has 1 heterocycles. The number of carbonyl (C=O) groups is 5. The van der Waals surface area contributed by atoms with Gasteiger partial charge in [-0.1, -0.05) is 48.0 Å². The van der Waals surface area contributed by atoms with Gasteiger partial charge in [0.2, 0.25) is 46.6 Å². The Morgan fingerprint density at radius 3 is 1.87 bits per heavy atom. The van der Waals surface area contributed by atoms with E-state index in [0.29, 0.717) is 6.42 Å². The first kappa shape index (κ1) is 45.8. The molecule has 0 aliphatic rings. The Morgan fingerprint density at radius 1 is 0.870 bits per heavy atom. The van der Waals surface area contributed by atoms with Crippen molar-refractivity contribution < 1.29 is 60.1 Å². The van der Waals surface area contributed by atoms with Crippen LogP contribution in [-0.4, -0.2) is 82.5 Å². The fourth-order valence-electron chi connectivity index (χ4n) is 5.52. The summed E-state index contributed by atoms with van der Waals surface area (Å²) in [4.78, 5) is 72.5. The maximum Gasteiger partial charge on any atom is 0.410 e.